The molecule has 0 aliphatic heterocycles. The Balaban J connectivity index is 2.81. The van der Waals surface area contributed by atoms with E-state index in [-0.39, 0.29) is 5.91 Å². The summed E-state index contributed by atoms with van der Waals surface area (Å²) in [7, 11) is 1.70. The van der Waals surface area contributed by atoms with Gasteiger partial charge in [0.2, 0.25) is 0 Å². The number of amides is 1. The molecule has 0 aromatic carbocycles. The summed E-state index contributed by atoms with van der Waals surface area (Å²) in [5.74, 6) is -1.40. The quantitative estimate of drug-likeness (QED) is 0.711. The van der Waals surface area contributed by atoms with Crippen molar-refractivity contribution < 1.29 is 14.7 Å². The third kappa shape index (κ3) is 3.92. The molecule has 7 heteroatoms. The first-order valence-corrected chi connectivity index (χ1v) is 6.96. The van der Waals surface area contributed by atoms with Gasteiger partial charge in [-0.2, -0.15) is 4.37 Å². The van der Waals surface area contributed by atoms with Crippen LogP contribution >= 0.6 is 11.5 Å². The lowest BCUT2D eigenvalue weighted by Gasteiger charge is -2.14. The number of aromatic nitrogens is 1. The number of carboxylic acids is 1. The number of anilines is 1. The molecular formula is C12H19N3O3S. The zero-order chi connectivity index (χ0) is 14.4. The van der Waals surface area contributed by atoms with Crippen LogP contribution in [0, 0.1) is 6.92 Å². The number of carboxylic acid groups (broad SMARTS) is 1. The number of aryl methyl sites for hydroxylation is 1. The molecule has 0 aliphatic carbocycles. The van der Waals surface area contributed by atoms with E-state index in [1.807, 2.05) is 6.92 Å². The molecule has 1 rings (SSSR count). The number of rotatable bonds is 7. The van der Waals surface area contributed by atoms with E-state index in [4.69, 9.17) is 5.11 Å². The van der Waals surface area contributed by atoms with Gasteiger partial charge in [-0.05, 0) is 24.9 Å². The SMILES string of the molecule is CCCC[C@H](NC(=O)c1c(C)nsc1NC)C(=O)O. The number of unbranched alkanes of at least 4 members (excludes halogenated alkanes) is 1. The Labute approximate surface area is 116 Å². The van der Waals surface area contributed by atoms with Crippen molar-refractivity contribution in [2.75, 3.05) is 12.4 Å². The van der Waals surface area contributed by atoms with E-state index in [2.05, 4.69) is 15.0 Å². The van der Waals surface area contributed by atoms with Gasteiger partial charge in [-0.3, -0.25) is 4.79 Å². The van der Waals surface area contributed by atoms with Gasteiger partial charge in [0.15, 0.2) is 0 Å². The standard InChI is InChI=1S/C12H19N3O3S/c1-4-5-6-8(12(17)18)14-10(16)9-7(2)15-19-11(9)13-3/h8,13H,4-6H2,1-3H3,(H,14,16)(H,17,18)/t8-/m0/s1. The first-order valence-electron chi connectivity index (χ1n) is 6.18. The molecule has 0 radical (unpaired) electrons. The number of carbonyl (C=O) groups excluding carboxylic acids is 1. The van der Waals surface area contributed by atoms with Gasteiger partial charge in [-0.25, -0.2) is 4.79 Å². The summed E-state index contributed by atoms with van der Waals surface area (Å²) in [5.41, 5.74) is 1.03. The minimum atomic E-state index is -1.01. The van der Waals surface area contributed by atoms with Gasteiger partial charge < -0.3 is 15.7 Å². The molecule has 106 valence electrons. The lowest BCUT2D eigenvalue weighted by Crippen LogP contribution is -2.41. The molecule has 1 amide bonds. The van der Waals surface area contributed by atoms with Gasteiger partial charge in [0.1, 0.15) is 11.0 Å². The topological polar surface area (TPSA) is 91.3 Å². The fraction of sp³-hybridized carbons (Fsp3) is 0.583. The molecule has 3 N–H and O–H groups in total. The van der Waals surface area contributed by atoms with E-state index in [9.17, 15) is 9.59 Å². The molecule has 0 unspecified atom stereocenters. The maximum Gasteiger partial charge on any atom is 0.326 e. The molecule has 0 aliphatic rings. The lowest BCUT2D eigenvalue weighted by molar-refractivity contribution is -0.139. The molecular weight excluding hydrogens is 266 g/mol. The highest BCUT2D eigenvalue weighted by Gasteiger charge is 2.24. The van der Waals surface area contributed by atoms with Gasteiger partial charge in [-0.15, -0.1) is 0 Å². The van der Waals surface area contributed by atoms with Crippen molar-refractivity contribution >= 4 is 28.4 Å². The van der Waals surface area contributed by atoms with E-state index in [0.29, 0.717) is 22.7 Å². The summed E-state index contributed by atoms with van der Waals surface area (Å²) in [6, 6.07) is -0.851. The number of hydrogen-bond donors (Lipinski definition) is 3. The summed E-state index contributed by atoms with van der Waals surface area (Å²) in [6.07, 6.45) is 2.08. The molecule has 0 saturated carbocycles. The van der Waals surface area contributed by atoms with E-state index in [1.165, 1.54) is 11.5 Å². The van der Waals surface area contributed by atoms with Crippen molar-refractivity contribution in [1.29, 1.82) is 0 Å². The Hall–Kier alpha value is -1.63. The normalized spacial score (nSPS) is 11.9. The molecule has 0 bridgehead atoms. The first kappa shape index (κ1) is 15.4. The molecule has 1 atom stereocenters. The van der Waals surface area contributed by atoms with Crippen molar-refractivity contribution in [3.05, 3.63) is 11.3 Å². The van der Waals surface area contributed by atoms with Gasteiger partial charge in [0, 0.05) is 7.05 Å². The van der Waals surface area contributed by atoms with Crippen LogP contribution in [-0.2, 0) is 4.79 Å². The Morgan fingerprint density at radius 1 is 1.47 bits per heavy atom. The molecule has 0 spiro atoms. The molecule has 19 heavy (non-hydrogen) atoms. The van der Waals surface area contributed by atoms with Crippen LogP contribution in [-0.4, -0.2) is 34.4 Å². The summed E-state index contributed by atoms with van der Waals surface area (Å²) < 4.78 is 4.09. The third-order valence-corrected chi connectivity index (χ3v) is 3.72. The van der Waals surface area contributed by atoms with Gasteiger partial charge in [0.05, 0.1) is 11.3 Å². The summed E-state index contributed by atoms with van der Waals surface area (Å²) in [6.45, 7) is 3.71. The first-order chi connectivity index (χ1) is 9.01. The monoisotopic (exact) mass is 285 g/mol. The number of aliphatic carboxylic acids is 1. The third-order valence-electron chi connectivity index (χ3n) is 2.77. The maximum atomic E-state index is 12.1. The average molecular weight is 285 g/mol. The zero-order valence-corrected chi connectivity index (χ0v) is 12.1. The summed E-state index contributed by atoms with van der Waals surface area (Å²) in [5, 5.41) is 15.2. The molecule has 6 nitrogen and oxygen atoms in total. The van der Waals surface area contributed by atoms with E-state index < -0.39 is 12.0 Å². The van der Waals surface area contributed by atoms with Crippen molar-refractivity contribution in [2.45, 2.75) is 39.2 Å². The Morgan fingerprint density at radius 3 is 2.68 bits per heavy atom. The molecule has 0 fully saturated rings. The lowest BCUT2D eigenvalue weighted by atomic mass is 10.1. The van der Waals surface area contributed by atoms with Crippen LogP contribution in [0.25, 0.3) is 0 Å². The van der Waals surface area contributed by atoms with Crippen LogP contribution in [0.15, 0.2) is 0 Å². The van der Waals surface area contributed by atoms with Gasteiger partial charge in [-0.1, -0.05) is 19.8 Å². The highest BCUT2D eigenvalue weighted by molar-refractivity contribution is 7.10. The van der Waals surface area contributed by atoms with Crippen molar-refractivity contribution in [3.63, 3.8) is 0 Å². The highest BCUT2D eigenvalue weighted by atomic mass is 32.1. The highest BCUT2D eigenvalue weighted by Crippen LogP contribution is 2.23. The second-order valence-corrected chi connectivity index (χ2v) is 5.00. The largest absolute Gasteiger partial charge is 0.480 e. The number of carbonyl (C=O) groups is 2. The number of nitrogens with one attached hydrogen (secondary N) is 2. The molecule has 1 aromatic rings. The van der Waals surface area contributed by atoms with E-state index >= 15 is 0 Å². The van der Waals surface area contributed by atoms with Crippen molar-refractivity contribution in [1.82, 2.24) is 9.69 Å². The Kier molecular flexibility index (Phi) is 5.75. The maximum absolute atomic E-state index is 12.1. The minimum absolute atomic E-state index is 0.390. The summed E-state index contributed by atoms with van der Waals surface area (Å²) >= 11 is 1.19. The summed E-state index contributed by atoms with van der Waals surface area (Å²) in [4.78, 5) is 23.2. The fourth-order valence-corrected chi connectivity index (χ4v) is 2.45. The van der Waals surface area contributed by atoms with Crippen LogP contribution in [0.2, 0.25) is 0 Å². The van der Waals surface area contributed by atoms with E-state index in [1.54, 1.807) is 14.0 Å². The predicted molar refractivity (Wildman–Crippen MR) is 74.8 cm³/mol. The van der Waals surface area contributed by atoms with Crippen LogP contribution in [0.4, 0.5) is 5.00 Å². The van der Waals surface area contributed by atoms with Crippen LogP contribution in [0.3, 0.4) is 0 Å². The van der Waals surface area contributed by atoms with Crippen LogP contribution < -0.4 is 10.6 Å². The van der Waals surface area contributed by atoms with Crippen molar-refractivity contribution in [3.8, 4) is 0 Å². The van der Waals surface area contributed by atoms with E-state index in [0.717, 1.165) is 12.8 Å². The Bertz CT molecular complexity index is 459. The second kappa shape index (κ2) is 7.08. The number of nitrogens with zero attached hydrogens (tertiary/aromatic N) is 1. The second-order valence-electron chi connectivity index (χ2n) is 4.23. The van der Waals surface area contributed by atoms with Gasteiger partial charge >= 0.3 is 5.97 Å². The molecule has 0 saturated heterocycles. The van der Waals surface area contributed by atoms with Crippen LogP contribution in [0.1, 0.15) is 42.2 Å². The Morgan fingerprint density at radius 2 is 2.16 bits per heavy atom. The molecule has 1 aromatic heterocycles. The minimum Gasteiger partial charge on any atom is -0.480 e. The van der Waals surface area contributed by atoms with Crippen molar-refractivity contribution in [2.24, 2.45) is 0 Å². The number of hydrogen-bond acceptors (Lipinski definition) is 5. The fourth-order valence-electron chi connectivity index (χ4n) is 1.70. The zero-order valence-electron chi connectivity index (χ0n) is 11.3. The average Bonchev–Trinajstić information content (AvgIpc) is 2.75. The molecule has 1 heterocycles. The van der Waals surface area contributed by atoms with Crippen LogP contribution in [0.5, 0.6) is 0 Å². The smallest absolute Gasteiger partial charge is 0.326 e. The predicted octanol–water partition coefficient (Wildman–Crippen LogP) is 1.87. The van der Waals surface area contributed by atoms with Gasteiger partial charge in [0.25, 0.3) is 5.91 Å².